The van der Waals surface area contributed by atoms with Crippen LogP contribution in [0.3, 0.4) is 0 Å². The molecule has 1 aromatic rings. The molecule has 1 aromatic carbocycles. The average Bonchev–Trinajstić information content (AvgIpc) is 2.67. The van der Waals surface area contributed by atoms with E-state index in [1.165, 1.54) is 6.07 Å². The number of nitrogens with zero attached hydrogens (tertiary/aromatic N) is 2. The molecule has 5 heteroatoms. The Morgan fingerprint density at radius 2 is 2.05 bits per heavy atom. The monoisotopic (exact) mass is 294 g/mol. The van der Waals surface area contributed by atoms with Crippen molar-refractivity contribution in [2.75, 3.05) is 32.7 Å². The highest BCUT2D eigenvalue weighted by Crippen LogP contribution is 2.27. The van der Waals surface area contributed by atoms with E-state index in [0.29, 0.717) is 0 Å². The van der Waals surface area contributed by atoms with Crippen LogP contribution in [0.15, 0.2) is 24.3 Å². The number of carboxylic acid groups (broad SMARTS) is 1. The van der Waals surface area contributed by atoms with Crippen molar-refractivity contribution in [3.05, 3.63) is 35.6 Å². The van der Waals surface area contributed by atoms with E-state index in [4.69, 9.17) is 5.11 Å². The van der Waals surface area contributed by atoms with Gasteiger partial charge in [-0.2, -0.15) is 0 Å². The third-order valence-electron chi connectivity index (χ3n) is 4.07. The van der Waals surface area contributed by atoms with Crippen LogP contribution in [-0.2, 0) is 4.79 Å². The number of rotatable bonds is 5. The van der Waals surface area contributed by atoms with Crippen molar-refractivity contribution in [2.45, 2.75) is 25.8 Å². The van der Waals surface area contributed by atoms with Gasteiger partial charge in [0.05, 0.1) is 6.54 Å². The largest absolute Gasteiger partial charge is 0.480 e. The summed E-state index contributed by atoms with van der Waals surface area (Å²) in [5, 5.41) is 8.89. The lowest BCUT2D eigenvalue weighted by Gasteiger charge is -2.30. The first kappa shape index (κ1) is 15.9. The lowest BCUT2D eigenvalue weighted by Crippen LogP contribution is -2.35. The van der Waals surface area contributed by atoms with Crippen LogP contribution < -0.4 is 0 Å². The molecule has 0 spiro atoms. The summed E-state index contributed by atoms with van der Waals surface area (Å²) in [4.78, 5) is 15.0. The van der Waals surface area contributed by atoms with Gasteiger partial charge in [0.2, 0.25) is 0 Å². The van der Waals surface area contributed by atoms with Crippen LogP contribution in [0.2, 0.25) is 0 Å². The van der Waals surface area contributed by atoms with Gasteiger partial charge in [0, 0.05) is 37.8 Å². The Bertz CT molecular complexity index is 481. The summed E-state index contributed by atoms with van der Waals surface area (Å²) >= 11 is 0. The van der Waals surface area contributed by atoms with E-state index in [2.05, 4.69) is 11.8 Å². The third kappa shape index (κ3) is 4.25. The van der Waals surface area contributed by atoms with E-state index in [0.717, 1.165) is 44.6 Å². The Morgan fingerprint density at radius 3 is 2.71 bits per heavy atom. The molecule has 1 N–H and O–H groups in total. The minimum atomic E-state index is -0.787. The van der Waals surface area contributed by atoms with Crippen LogP contribution in [0.1, 0.15) is 31.4 Å². The first-order valence-corrected chi connectivity index (χ1v) is 7.54. The molecule has 0 aliphatic carbocycles. The van der Waals surface area contributed by atoms with Gasteiger partial charge in [0.25, 0.3) is 0 Å². The van der Waals surface area contributed by atoms with Gasteiger partial charge < -0.3 is 5.11 Å². The number of carboxylic acids is 1. The van der Waals surface area contributed by atoms with Gasteiger partial charge in [-0.15, -0.1) is 0 Å². The van der Waals surface area contributed by atoms with Gasteiger partial charge in [-0.05, 0) is 18.9 Å². The number of hydrogen-bond donors (Lipinski definition) is 1. The predicted octanol–water partition coefficient (Wildman–Crippen LogP) is 2.37. The van der Waals surface area contributed by atoms with E-state index >= 15 is 0 Å². The Kier molecular flexibility index (Phi) is 5.70. The van der Waals surface area contributed by atoms with Crippen molar-refractivity contribution in [1.29, 1.82) is 0 Å². The third-order valence-corrected chi connectivity index (χ3v) is 4.07. The molecule has 0 saturated carbocycles. The van der Waals surface area contributed by atoms with Gasteiger partial charge in [-0.3, -0.25) is 14.6 Å². The lowest BCUT2D eigenvalue weighted by molar-refractivity contribution is -0.138. The zero-order chi connectivity index (χ0) is 15.2. The normalized spacial score (nSPS) is 19.1. The Hall–Kier alpha value is -1.46. The van der Waals surface area contributed by atoms with Crippen LogP contribution in [0.25, 0.3) is 0 Å². The van der Waals surface area contributed by atoms with Crippen LogP contribution in [0.5, 0.6) is 0 Å². The standard InChI is InChI=1S/C16H23FN2O2/c1-2-15(13-6-3-4-7-14(13)17)19-9-5-8-18(10-11-19)12-16(20)21/h3-4,6-7,15H,2,5,8-12H2,1H3,(H,20,21). The predicted molar refractivity (Wildman–Crippen MR) is 79.7 cm³/mol. The quantitative estimate of drug-likeness (QED) is 0.905. The molecule has 1 aliphatic heterocycles. The van der Waals surface area contributed by atoms with E-state index < -0.39 is 5.97 Å². The van der Waals surface area contributed by atoms with E-state index in [1.54, 1.807) is 6.07 Å². The first-order chi connectivity index (χ1) is 10.1. The van der Waals surface area contributed by atoms with Crippen molar-refractivity contribution in [1.82, 2.24) is 9.80 Å². The minimum absolute atomic E-state index is 0.0657. The molecule has 116 valence electrons. The Morgan fingerprint density at radius 1 is 1.29 bits per heavy atom. The molecule has 1 unspecified atom stereocenters. The second-order valence-corrected chi connectivity index (χ2v) is 5.50. The number of hydrogen-bond acceptors (Lipinski definition) is 3. The molecule has 1 atom stereocenters. The second kappa shape index (κ2) is 7.52. The molecule has 21 heavy (non-hydrogen) atoms. The summed E-state index contributed by atoms with van der Waals surface area (Å²) in [6.45, 7) is 5.32. The molecular weight excluding hydrogens is 271 g/mol. The highest BCUT2D eigenvalue weighted by atomic mass is 19.1. The Labute approximate surface area is 125 Å². The fourth-order valence-electron chi connectivity index (χ4n) is 3.07. The second-order valence-electron chi connectivity index (χ2n) is 5.50. The highest BCUT2D eigenvalue weighted by Gasteiger charge is 2.24. The van der Waals surface area contributed by atoms with Gasteiger partial charge in [0.15, 0.2) is 0 Å². The maximum Gasteiger partial charge on any atom is 0.317 e. The van der Waals surface area contributed by atoms with Crippen molar-refractivity contribution >= 4 is 5.97 Å². The van der Waals surface area contributed by atoms with Crippen molar-refractivity contribution in [2.24, 2.45) is 0 Å². The molecule has 0 aromatic heterocycles. The van der Waals surface area contributed by atoms with Gasteiger partial charge in [-0.25, -0.2) is 4.39 Å². The summed E-state index contributed by atoms with van der Waals surface area (Å²) in [5.41, 5.74) is 0.742. The maximum absolute atomic E-state index is 14.0. The van der Waals surface area contributed by atoms with Gasteiger partial charge in [-0.1, -0.05) is 25.1 Å². The minimum Gasteiger partial charge on any atom is -0.480 e. The molecule has 0 amide bonds. The summed E-state index contributed by atoms with van der Waals surface area (Å²) in [7, 11) is 0. The molecule has 1 fully saturated rings. The molecule has 1 heterocycles. The molecule has 4 nitrogen and oxygen atoms in total. The van der Waals surface area contributed by atoms with Gasteiger partial charge >= 0.3 is 5.97 Å². The topological polar surface area (TPSA) is 43.8 Å². The van der Waals surface area contributed by atoms with Crippen LogP contribution in [-0.4, -0.2) is 53.6 Å². The molecular formula is C16H23FN2O2. The smallest absolute Gasteiger partial charge is 0.317 e. The number of carbonyl (C=O) groups is 1. The van der Waals surface area contributed by atoms with Crippen molar-refractivity contribution in [3.63, 3.8) is 0 Å². The average molecular weight is 294 g/mol. The first-order valence-electron chi connectivity index (χ1n) is 7.54. The fraction of sp³-hybridized carbons (Fsp3) is 0.562. The van der Waals surface area contributed by atoms with Crippen LogP contribution >= 0.6 is 0 Å². The van der Waals surface area contributed by atoms with Crippen LogP contribution in [0.4, 0.5) is 4.39 Å². The summed E-state index contributed by atoms with van der Waals surface area (Å²) in [6, 6.07) is 7.00. The van der Waals surface area contributed by atoms with Crippen LogP contribution in [0, 0.1) is 5.82 Å². The number of aliphatic carboxylic acids is 1. The summed E-state index contributed by atoms with van der Waals surface area (Å²) in [6.07, 6.45) is 1.76. The molecule has 0 bridgehead atoms. The number of benzene rings is 1. The fourth-order valence-corrected chi connectivity index (χ4v) is 3.07. The van der Waals surface area contributed by atoms with Crippen molar-refractivity contribution < 1.29 is 14.3 Å². The number of halogens is 1. The van der Waals surface area contributed by atoms with E-state index in [1.807, 2.05) is 17.0 Å². The molecule has 2 rings (SSSR count). The zero-order valence-corrected chi connectivity index (χ0v) is 12.5. The molecule has 0 radical (unpaired) electrons. The highest BCUT2D eigenvalue weighted by molar-refractivity contribution is 5.69. The van der Waals surface area contributed by atoms with E-state index in [-0.39, 0.29) is 18.4 Å². The summed E-state index contributed by atoms with van der Waals surface area (Å²) in [5.74, 6) is -0.944. The molecule has 1 aliphatic rings. The van der Waals surface area contributed by atoms with E-state index in [9.17, 15) is 9.18 Å². The SMILES string of the molecule is CCC(c1ccccc1F)N1CCCN(CC(=O)O)CC1. The zero-order valence-electron chi connectivity index (χ0n) is 12.5. The van der Waals surface area contributed by atoms with Crippen molar-refractivity contribution in [3.8, 4) is 0 Å². The summed E-state index contributed by atoms with van der Waals surface area (Å²) < 4.78 is 14.0. The molecule has 1 saturated heterocycles. The Balaban J connectivity index is 2.06. The maximum atomic E-state index is 14.0. The lowest BCUT2D eigenvalue weighted by atomic mass is 10.0. The van der Waals surface area contributed by atoms with Gasteiger partial charge in [0.1, 0.15) is 5.82 Å².